The molecule has 0 aliphatic carbocycles. The first kappa shape index (κ1) is 25.8. The molecule has 0 saturated carbocycles. The highest BCUT2D eigenvalue weighted by molar-refractivity contribution is 7.89. The summed E-state index contributed by atoms with van der Waals surface area (Å²) in [6.45, 7) is 8.40. The van der Waals surface area contributed by atoms with Gasteiger partial charge >= 0.3 is 5.97 Å². The fourth-order valence-electron chi connectivity index (χ4n) is 3.08. The van der Waals surface area contributed by atoms with Crippen LogP contribution in [0.3, 0.4) is 0 Å². The Morgan fingerprint density at radius 3 is 2.00 bits per heavy atom. The first-order valence-corrected chi connectivity index (χ1v) is 12.8. The summed E-state index contributed by atoms with van der Waals surface area (Å²) < 4.78 is 61.1. The van der Waals surface area contributed by atoms with Gasteiger partial charge in [-0.15, -0.1) is 0 Å². The van der Waals surface area contributed by atoms with Crippen LogP contribution in [0, 0.1) is 27.7 Å². The van der Waals surface area contributed by atoms with E-state index in [1.807, 2.05) is 19.9 Å². The normalized spacial score (nSPS) is 12.9. The summed E-state index contributed by atoms with van der Waals surface area (Å²) in [5.41, 5.74) is 2.95. The molecule has 0 spiro atoms. The van der Waals surface area contributed by atoms with Gasteiger partial charge in [0.25, 0.3) is 0 Å². The number of carbonyl (C=O) groups excluding carboxylic acids is 1. The first-order valence-electron chi connectivity index (χ1n) is 9.76. The Labute approximate surface area is 189 Å². The van der Waals surface area contributed by atoms with Crippen molar-refractivity contribution in [3.63, 3.8) is 0 Å². The molecule has 0 fully saturated rings. The minimum Gasteiger partial charge on any atom is -0.490 e. The third-order valence-electron chi connectivity index (χ3n) is 5.00. The fourth-order valence-corrected chi connectivity index (χ4v) is 5.40. The first-order chi connectivity index (χ1) is 14.7. The maximum Gasteiger partial charge on any atom is 0.324 e. The number of aryl methyl sites for hydroxylation is 2. The van der Waals surface area contributed by atoms with E-state index in [1.54, 1.807) is 13.8 Å². The smallest absolute Gasteiger partial charge is 0.324 e. The van der Waals surface area contributed by atoms with Crippen LogP contribution in [0.5, 0.6) is 5.75 Å². The molecule has 0 bridgehead atoms. The van der Waals surface area contributed by atoms with E-state index in [0.29, 0.717) is 16.9 Å². The standard InChI is InChI=1S/C21H28N2O7S2/c1-13-12-14(2)16(4)20(15(13)3)32(27,28)23-17(5)21(24)30-11-10-29-18-6-8-19(9-7-18)31(22,25)26/h6-9,12,17,23H,10-11H2,1-5H3,(H2,22,25,26)/t17-/m0/s1. The molecule has 0 radical (unpaired) electrons. The van der Waals surface area contributed by atoms with Crippen LogP contribution in [0.15, 0.2) is 40.1 Å². The molecule has 2 rings (SSSR count). The third-order valence-corrected chi connectivity index (χ3v) is 7.74. The van der Waals surface area contributed by atoms with Gasteiger partial charge in [0.1, 0.15) is 25.0 Å². The van der Waals surface area contributed by atoms with Crippen molar-refractivity contribution >= 4 is 26.0 Å². The van der Waals surface area contributed by atoms with E-state index in [1.165, 1.54) is 31.2 Å². The average Bonchev–Trinajstić information content (AvgIpc) is 2.68. The lowest BCUT2D eigenvalue weighted by molar-refractivity contribution is -0.145. The number of sulfonamides is 2. The molecule has 176 valence electrons. The molecule has 0 amide bonds. The van der Waals surface area contributed by atoms with E-state index in [0.717, 1.165) is 11.1 Å². The Morgan fingerprint density at radius 2 is 1.50 bits per heavy atom. The second-order valence-corrected chi connectivity index (χ2v) is 10.7. The summed E-state index contributed by atoms with van der Waals surface area (Å²) in [5.74, 6) is -0.385. The summed E-state index contributed by atoms with van der Waals surface area (Å²) in [6.07, 6.45) is 0. The number of primary sulfonamides is 1. The predicted molar refractivity (Wildman–Crippen MR) is 119 cm³/mol. The van der Waals surface area contributed by atoms with Crippen LogP contribution < -0.4 is 14.6 Å². The van der Waals surface area contributed by atoms with Gasteiger partial charge in [-0.1, -0.05) is 6.07 Å². The summed E-state index contributed by atoms with van der Waals surface area (Å²) in [5, 5.41) is 5.03. The van der Waals surface area contributed by atoms with Gasteiger partial charge in [-0.25, -0.2) is 22.0 Å². The summed E-state index contributed by atoms with van der Waals surface area (Å²) >= 11 is 0. The Bertz CT molecular complexity index is 1180. The number of hydrogen-bond donors (Lipinski definition) is 2. The number of rotatable bonds is 9. The highest BCUT2D eigenvalue weighted by Crippen LogP contribution is 2.26. The lowest BCUT2D eigenvalue weighted by Gasteiger charge is -2.18. The third kappa shape index (κ3) is 6.28. The average molecular weight is 485 g/mol. The molecule has 0 heterocycles. The molecule has 9 nitrogen and oxygen atoms in total. The highest BCUT2D eigenvalue weighted by atomic mass is 32.2. The van der Waals surface area contributed by atoms with E-state index in [9.17, 15) is 21.6 Å². The van der Waals surface area contributed by atoms with Crippen molar-refractivity contribution in [3.05, 3.63) is 52.6 Å². The zero-order valence-electron chi connectivity index (χ0n) is 18.6. The SMILES string of the molecule is Cc1cc(C)c(C)c(S(=O)(=O)N[C@@H](C)C(=O)OCCOc2ccc(S(N)(=O)=O)cc2)c1C. The molecule has 0 aliphatic rings. The van der Waals surface area contributed by atoms with Gasteiger partial charge in [0.15, 0.2) is 0 Å². The number of carbonyl (C=O) groups is 1. The number of nitrogens with one attached hydrogen (secondary N) is 1. The Morgan fingerprint density at radius 1 is 0.969 bits per heavy atom. The number of hydrogen-bond acceptors (Lipinski definition) is 7. The molecule has 0 unspecified atom stereocenters. The molecule has 2 aromatic rings. The predicted octanol–water partition coefficient (Wildman–Crippen LogP) is 1.86. The minimum absolute atomic E-state index is 0.00474. The Balaban J connectivity index is 1.93. The molecule has 2 aromatic carbocycles. The second-order valence-electron chi connectivity index (χ2n) is 7.46. The molecule has 0 saturated heterocycles. The maximum atomic E-state index is 12.9. The van der Waals surface area contributed by atoms with Crippen LogP contribution >= 0.6 is 0 Å². The van der Waals surface area contributed by atoms with Gasteiger partial charge < -0.3 is 9.47 Å². The van der Waals surface area contributed by atoms with E-state index >= 15 is 0 Å². The van der Waals surface area contributed by atoms with Crippen LogP contribution in [-0.2, 0) is 29.6 Å². The van der Waals surface area contributed by atoms with Crippen LogP contribution in [0.25, 0.3) is 0 Å². The van der Waals surface area contributed by atoms with Gasteiger partial charge in [0, 0.05) is 0 Å². The van der Waals surface area contributed by atoms with E-state index in [4.69, 9.17) is 14.6 Å². The molecular weight excluding hydrogens is 456 g/mol. The number of nitrogens with two attached hydrogens (primary N) is 1. The summed E-state index contributed by atoms with van der Waals surface area (Å²) in [7, 11) is -7.73. The lowest BCUT2D eigenvalue weighted by atomic mass is 10.0. The van der Waals surface area contributed by atoms with E-state index in [2.05, 4.69) is 4.72 Å². The molecular formula is C21H28N2O7S2. The van der Waals surface area contributed by atoms with Gasteiger partial charge in [-0.05, 0) is 81.1 Å². The monoisotopic (exact) mass is 484 g/mol. The summed E-state index contributed by atoms with van der Waals surface area (Å²) in [6, 6.07) is 6.26. The minimum atomic E-state index is -3.94. The Kier molecular flexibility index (Phi) is 8.05. The molecule has 11 heteroatoms. The largest absolute Gasteiger partial charge is 0.490 e. The van der Waals surface area contributed by atoms with Crippen molar-refractivity contribution < 1.29 is 31.1 Å². The van der Waals surface area contributed by atoms with Crippen LogP contribution in [0.1, 0.15) is 29.2 Å². The van der Waals surface area contributed by atoms with Gasteiger partial charge in [0.2, 0.25) is 20.0 Å². The quantitative estimate of drug-likeness (QED) is 0.409. The molecule has 3 N–H and O–H groups in total. The van der Waals surface area contributed by atoms with Crippen molar-refractivity contribution in [2.45, 2.75) is 50.5 Å². The van der Waals surface area contributed by atoms with Crippen molar-refractivity contribution in [2.24, 2.45) is 5.14 Å². The van der Waals surface area contributed by atoms with Crippen LogP contribution in [0.2, 0.25) is 0 Å². The molecule has 32 heavy (non-hydrogen) atoms. The van der Waals surface area contributed by atoms with Crippen molar-refractivity contribution in [1.29, 1.82) is 0 Å². The highest BCUT2D eigenvalue weighted by Gasteiger charge is 2.27. The summed E-state index contributed by atoms with van der Waals surface area (Å²) in [4.78, 5) is 12.4. The number of esters is 1. The van der Waals surface area contributed by atoms with Crippen LogP contribution in [-0.4, -0.2) is 42.1 Å². The number of ether oxygens (including phenoxy) is 2. The van der Waals surface area contributed by atoms with Crippen LogP contribution in [0.4, 0.5) is 0 Å². The van der Waals surface area contributed by atoms with Crippen molar-refractivity contribution in [3.8, 4) is 5.75 Å². The van der Waals surface area contributed by atoms with E-state index in [-0.39, 0.29) is 23.0 Å². The Hall–Kier alpha value is -2.47. The van der Waals surface area contributed by atoms with Gasteiger partial charge in [-0.3, -0.25) is 4.79 Å². The topological polar surface area (TPSA) is 142 Å². The van der Waals surface area contributed by atoms with Gasteiger partial charge in [-0.2, -0.15) is 4.72 Å². The van der Waals surface area contributed by atoms with Gasteiger partial charge in [0.05, 0.1) is 9.79 Å². The molecule has 0 aliphatic heterocycles. The maximum absolute atomic E-state index is 12.9. The molecule has 1 atom stereocenters. The fraction of sp³-hybridized carbons (Fsp3) is 0.381. The number of benzene rings is 2. The van der Waals surface area contributed by atoms with Crippen molar-refractivity contribution in [2.75, 3.05) is 13.2 Å². The second kappa shape index (κ2) is 9.99. The zero-order valence-corrected chi connectivity index (χ0v) is 20.3. The zero-order chi connectivity index (χ0) is 24.3. The molecule has 0 aromatic heterocycles. The lowest BCUT2D eigenvalue weighted by Crippen LogP contribution is -2.40. The van der Waals surface area contributed by atoms with Crippen molar-refractivity contribution in [1.82, 2.24) is 4.72 Å². The van der Waals surface area contributed by atoms with E-state index < -0.39 is 32.1 Å².